The predicted molar refractivity (Wildman–Crippen MR) is 98.1 cm³/mol. The van der Waals surface area contributed by atoms with Crippen LogP contribution < -0.4 is 0 Å². The van der Waals surface area contributed by atoms with E-state index < -0.39 is 5.97 Å². The van der Waals surface area contributed by atoms with Gasteiger partial charge in [0.25, 0.3) is 0 Å². The van der Waals surface area contributed by atoms with Crippen molar-refractivity contribution in [1.82, 2.24) is 0 Å². The van der Waals surface area contributed by atoms with Crippen LogP contribution in [0.25, 0.3) is 0 Å². The number of hydrogen-bond donors (Lipinski definition) is 1. The quantitative estimate of drug-likeness (QED) is 0.250. The van der Waals surface area contributed by atoms with E-state index in [0.717, 1.165) is 44.9 Å². The van der Waals surface area contributed by atoms with Gasteiger partial charge in [-0.25, -0.2) is 0 Å². The fourth-order valence-corrected chi connectivity index (χ4v) is 2.75. The van der Waals surface area contributed by atoms with Crippen molar-refractivity contribution in [3.63, 3.8) is 0 Å². The molecule has 0 aliphatic heterocycles. The molecule has 0 atom stereocenters. The summed E-state index contributed by atoms with van der Waals surface area (Å²) in [5.74, 6) is -0.728. The van der Waals surface area contributed by atoms with Crippen molar-refractivity contribution < 1.29 is 19.4 Å². The fourth-order valence-electron chi connectivity index (χ4n) is 2.75. The molecule has 0 aliphatic carbocycles. The maximum absolute atomic E-state index is 11.6. The molecule has 0 unspecified atom stereocenters. The second-order valence-corrected chi connectivity index (χ2v) is 6.71. The molecule has 4 nitrogen and oxygen atoms in total. The zero-order chi connectivity index (χ0) is 17.9. The van der Waals surface area contributed by atoms with Crippen LogP contribution in [0.5, 0.6) is 0 Å². The molecule has 0 rings (SSSR count). The lowest BCUT2D eigenvalue weighted by Gasteiger charge is -2.05. The Kier molecular flexibility index (Phi) is 17.5. The first-order chi connectivity index (χ1) is 11.7. The van der Waals surface area contributed by atoms with Crippen molar-refractivity contribution in [2.75, 3.05) is 6.61 Å². The fraction of sp³-hybridized carbons (Fsp3) is 0.900. The number of carboxylic acids is 1. The van der Waals surface area contributed by atoms with E-state index in [2.05, 4.69) is 6.92 Å². The van der Waals surface area contributed by atoms with Gasteiger partial charge in [0.05, 0.1) is 6.61 Å². The zero-order valence-electron chi connectivity index (χ0n) is 15.7. The van der Waals surface area contributed by atoms with Crippen molar-refractivity contribution in [1.29, 1.82) is 0 Å². The second-order valence-electron chi connectivity index (χ2n) is 6.71. The van der Waals surface area contributed by atoms with Gasteiger partial charge in [0, 0.05) is 12.8 Å². The van der Waals surface area contributed by atoms with Gasteiger partial charge in [-0.05, 0) is 19.3 Å². The number of hydrogen-bond acceptors (Lipinski definition) is 3. The number of aliphatic carboxylic acids is 1. The average molecular weight is 343 g/mol. The van der Waals surface area contributed by atoms with Gasteiger partial charge in [0.1, 0.15) is 0 Å². The molecule has 0 bridgehead atoms. The van der Waals surface area contributed by atoms with Crippen LogP contribution in [0.3, 0.4) is 0 Å². The van der Waals surface area contributed by atoms with Gasteiger partial charge in [-0.3, -0.25) is 9.59 Å². The van der Waals surface area contributed by atoms with Gasteiger partial charge >= 0.3 is 11.9 Å². The molecule has 0 spiro atoms. The molecule has 0 heterocycles. The summed E-state index contributed by atoms with van der Waals surface area (Å²) in [5.41, 5.74) is 0. The normalized spacial score (nSPS) is 10.7. The van der Waals surface area contributed by atoms with E-state index in [0.29, 0.717) is 19.4 Å². The van der Waals surface area contributed by atoms with Crippen LogP contribution in [0.4, 0.5) is 0 Å². The Morgan fingerprint density at radius 3 is 1.67 bits per heavy atom. The summed E-state index contributed by atoms with van der Waals surface area (Å²) in [6.45, 7) is 2.78. The highest BCUT2D eigenvalue weighted by Crippen LogP contribution is 2.11. The van der Waals surface area contributed by atoms with E-state index in [1.54, 1.807) is 0 Å². The molecule has 0 saturated heterocycles. The Labute approximate surface area is 148 Å². The molecule has 0 aliphatic rings. The highest BCUT2D eigenvalue weighted by Gasteiger charge is 2.02. The topological polar surface area (TPSA) is 63.6 Å². The number of carboxylic acid groups (broad SMARTS) is 1. The lowest BCUT2D eigenvalue weighted by molar-refractivity contribution is -0.144. The Morgan fingerprint density at radius 2 is 1.12 bits per heavy atom. The summed E-state index contributed by atoms with van der Waals surface area (Å²) in [7, 11) is 0. The molecule has 0 aromatic carbocycles. The lowest BCUT2D eigenvalue weighted by Crippen LogP contribution is -2.05. The van der Waals surface area contributed by atoms with Crippen LogP contribution >= 0.6 is 0 Å². The Morgan fingerprint density at radius 1 is 0.667 bits per heavy atom. The third-order valence-electron chi connectivity index (χ3n) is 4.28. The summed E-state index contributed by atoms with van der Waals surface area (Å²) in [6, 6.07) is 0. The van der Waals surface area contributed by atoms with Gasteiger partial charge in [0.15, 0.2) is 0 Å². The third kappa shape index (κ3) is 19.0. The number of ether oxygens (including phenoxy) is 1. The van der Waals surface area contributed by atoms with Crippen LogP contribution in [0.15, 0.2) is 0 Å². The molecule has 4 heteroatoms. The van der Waals surface area contributed by atoms with Crippen LogP contribution in [0, 0.1) is 0 Å². The van der Waals surface area contributed by atoms with Crippen molar-refractivity contribution in [3.05, 3.63) is 0 Å². The minimum Gasteiger partial charge on any atom is -0.481 e. The highest BCUT2D eigenvalue weighted by molar-refractivity contribution is 5.69. The molecule has 0 amide bonds. The number of carbonyl (C=O) groups is 2. The molecule has 1 N–H and O–H groups in total. The van der Waals surface area contributed by atoms with E-state index in [-0.39, 0.29) is 5.97 Å². The van der Waals surface area contributed by atoms with Crippen molar-refractivity contribution in [2.45, 2.75) is 110 Å². The van der Waals surface area contributed by atoms with Gasteiger partial charge in [-0.15, -0.1) is 0 Å². The van der Waals surface area contributed by atoms with Gasteiger partial charge in [-0.1, -0.05) is 77.6 Å². The Hall–Kier alpha value is -1.06. The maximum atomic E-state index is 11.6. The largest absolute Gasteiger partial charge is 0.481 e. The first-order valence-corrected chi connectivity index (χ1v) is 10.0. The van der Waals surface area contributed by atoms with E-state index in [4.69, 9.17) is 9.84 Å². The Bertz CT molecular complexity index is 302. The molecular weight excluding hydrogens is 304 g/mol. The van der Waals surface area contributed by atoms with Crippen LogP contribution in [0.1, 0.15) is 110 Å². The minimum atomic E-state index is -0.690. The van der Waals surface area contributed by atoms with Crippen LogP contribution in [-0.2, 0) is 14.3 Å². The smallest absolute Gasteiger partial charge is 0.305 e. The lowest BCUT2D eigenvalue weighted by atomic mass is 10.1. The standard InChI is InChI=1S/C20H38O4/c1-2-3-4-12-15-18-24-20(23)17-14-11-9-7-5-6-8-10-13-16-19(21)22/h2-18H2,1H3,(H,21,22). The van der Waals surface area contributed by atoms with Crippen LogP contribution in [0.2, 0.25) is 0 Å². The molecule has 0 saturated carbocycles. The molecule has 0 aromatic heterocycles. The molecular formula is C20H38O4. The SMILES string of the molecule is CCCCCCCOC(=O)CCCCCCCCCCCC(=O)O. The molecule has 0 radical (unpaired) electrons. The summed E-state index contributed by atoms with van der Waals surface area (Å²) in [5, 5.41) is 8.53. The van der Waals surface area contributed by atoms with E-state index in [9.17, 15) is 9.59 Å². The highest BCUT2D eigenvalue weighted by atomic mass is 16.5. The number of unbranched alkanes of at least 4 members (excludes halogenated alkanes) is 12. The monoisotopic (exact) mass is 342 g/mol. The summed E-state index contributed by atoms with van der Waals surface area (Å²) in [4.78, 5) is 21.9. The minimum absolute atomic E-state index is 0.0380. The molecule has 0 fully saturated rings. The second kappa shape index (κ2) is 18.3. The first-order valence-electron chi connectivity index (χ1n) is 10.0. The van der Waals surface area contributed by atoms with E-state index in [1.165, 1.54) is 44.9 Å². The average Bonchev–Trinajstić information content (AvgIpc) is 2.55. The molecule has 24 heavy (non-hydrogen) atoms. The third-order valence-corrected chi connectivity index (χ3v) is 4.28. The van der Waals surface area contributed by atoms with Crippen molar-refractivity contribution in [3.8, 4) is 0 Å². The molecule has 142 valence electrons. The summed E-state index contributed by atoms with van der Waals surface area (Å²) < 4.78 is 5.24. The van der Waals surface area contributed by atoms with Crippen molar-refractivity contribution >= 4 is 11.9 Å². The number of esters is 1. The molecule has 0 aromatic rings. The summed E-state index contributed by atoms with van der Waals surface area (Å²) >= 11 is 0. The van der Waals surface area contributed by atoms with Gasteiger partial charge < -0.3 is 9.84 Å². The maximum Gasteiger partial charge on any atom is 0.305 e. The van der Waals surface area contributed by atoms with Gasteiger partial charge in [0.2, 0.25) is 0 Å². The van der Waals surface area contributed by atoms with Crippen LogP contribution in [-0.4, -0.2) is 23.7 Å². The first kappa shape index (κ1) is 22.9. The summed E-state index contributed by atoms with van der Waals surface area (Å²) in [6.07, 6.45) is 16.6. The predicted octanol–water partition coefficient (Wildman–Crippen LogP) is 5.88. The van der Waals surface area contributed by atoms with Gasteiger partial charge in [-0.2, -0.15) is 0 Å². The zero-order valence-corrected chi connectivity index (χ0v) is 15.7. The number of rotatable bonds is 18. The Balaban J connectivity index is 3.15. The van der Waals surface area contributed by atoms with E-state index >= 15 is 0 Å². The van der Waals surface area contributed by atoms with Crippen molar-refractivity contribution in [2.24, 2.45) is 0 Å². The van der Waals surface area contributed by atoms with E-state index in [1.807, 2.05) is 0 Å². The number of carbonyl (C=O) groups excluding carboxylic acids is 1.